The number of carbonyl (C=O) groups is 2. The summed E-state index contributed by atoms with van der Waals surface area (Å²) in [5.74, 6) is 0.465. The minimum Gasteiger partial charge on any atom is -0.469 e. The van der Waals surface area contributed by atoms with Crippen LogP contribution in [0.15, 0.2) is 24.3 Å². The van der Waals surface area contributed by atoms with Gasteiger partial charge in [-0.25, -0.2) is 9.48 Å². The van der Waals surface area contributed by atoms with Crippen molar-refractivity contribution >= 4 is 12.1 Å². The predicted octanol–water partition coefficient (Wildman–Crippen LogP) is 4.00. The third-order valence-corrected chi connectivity index (χ3v) is 7.33. The smallest absolute Gasteiger partial charge is 0.411 e. The van der Waals surface area contributed by atoms with Gasteiger partial charge >= 0.3 is 12.1 Å². The van der Waals surface area contributed by atoms with E-state index in [-0.39, 0.29) is 6.42 Å². The first-order chi connectivity index (χ1) is 16.1. The van der Waals surface area contributed by atoms with Crippen LogP contribution in [0.4, 0.5) is 4.79 Å². The summed E-state index contributed by atoms with van der Waals surface area (Å²) >= 11 is 0. The highest BCUT2D eigenvalue weighted by Crippen LogP contribution is 2.65. The maximum Gasteiger partial charge on any atom is 0.411 e. The van der Waals surface area contributed by atoms with E-state index in [0.717, 1.165) is 17.3 Å². The van der Waals surface area contributed by atoms with Gasteiger partial charge in [0.25, 0.3) is 0 Å². The van der Waals surface area contributed by atoms with Crippen LogP contribution in [0.2, 0.25) is 0 Å². The number of amides is 1. The Kier molecular flexibility index (Phi) is 5.19. The van der Waals surface area contributed by atoms with Gasteiger partial charge in [-0.2, -0.15) is 10.4 Å². The summed E-state index contributed by atoms with van der Waals surface area (Å²) in [4.78, 5) is 26.4. The monoisotopic (exact) mass is 462 g/mol. The Hall–Kier alpha value is -3.34. The van der Waals surface area contributed by atoms with Crippen molar-refractivity contribution in [3.8, 4) is 11.8 Å². The number of methoxy groups -OCH3 is 1. The summed E-state index contributed by atoms with van der Waals surface area (Å²) in [5, 5.41) is 14.8. The lowest BCUT2D eigenvalue weighted by Gasteiger charge is -2.62. The van der Waals surface area contributed by atoms with Gasteiger partial charge < -0.3 is 9.47 Å². The number of nitriles is 1. The van der Waals surface area contributed by atoms with Crippen molar-refractivity contribution in [1.29, 1.82) is 5.26 Å². The molecule has 1 aromatic heterocycles. The van der Waals surface area contributed by atoms with E-state index in [2.05, 4.69) is 30.3 Å². The van der Waals surface area contributed by atoms with Crippen molar-refractivity contribution in [3.63, 3.8) is 0 Å². The Morgan fingerprint density at radius 2 is 1.88 bits per heavy atom. The SMILES string of the molecule is COC(=O)Cc1nn(-c2ccc(C34CC(C3)C4)cc2)c2c1C(C#N)N(C(=O)OC(C)(C)C)CC2. The van der Waals surface area contributed by atoms with Crippen molar-refractivity contribution < 1.29 is 19.1 Å². The molecular weight excluding hydrogens is 432 g/mol. The first-order valence-electron chi connectivity index (χ1n) is 11.8. The van der Waals surface area contributed by atoms with Crippen LogP contribution in [0.25, 0.3) is 5.69 Å². The molecule has 0 saturated heterocycles. The highest BCUT2D eigenvalue weighted by Gasteiger charge is 2.57. The molecular formula is C26H30N4O4. The maximum atomic E-state index is 12.9. The molecule has 6 rings (SSSR count). The van der Waals surface area contributed by atoms with E-state index in [1.165, 1.54) is 36.8 Å². The lowest BCUT2D eigenvalue weighted by Crippen LogP contribution is -2.55. The molecule has 1 unspecified atom stereocenters. The standard InChI is InChI=1S/C26H30N4O4/c1-25(2,3)34-24(32)29-10-9-20-23(21(29)15-27)19(11-22(31)33-4)28-30(20)18-7-5-17(6-8-18)26-12-16(13-26)14-26/h5-8,16,21H,9-14H2,1-4H3. The third-order valence-electron chi connectivity index (χ3n) is 7.33. The summed E-state index contributed by atoms with van der Waals surface area (Å²) in [7, 11) is 1.32. The zero-order valence-corrected chi connectivity index (χ0v) is 20.1. The first kappa shape index (κ1) is 22.5. The molecule has 3 aliphatic carbocycles. The van der Waals surface area contributed by atoms with Crippen LogP contribution in [-0.2, 0) is 32.5 Å². The molecule has 2 heterocycles. The minimum atomic E-state index is -0.896. The maximum absolute atomic E-state index is 12.9. The van der Waals surface area contributed by atoms with Crippen molar-refractivity contribution in [2.45, 2.75) is 69.9 Å². The van der Waals surface area contributed by atoms with Crippen LogP contribution < -0.4 is 0 Å². The van der Waals surface area contributed by atoms with E-state index in [1.54, 1.807) is 20.8 Å². The molecule has 1 aromatic carbocycles. The topological polar surface area (TPSA) is 97.5 Å². The summed E-state index contributed by atoms with van der Waals surface area (Å²) in [5.41, 5.74) is 3.83. The molecule has 4 aliphatic rings. The summed E-state index contributed by atoms with van der Waals surface area (Å²) in [6, 6.07) is 9.82. The summed E-state index contributed by atoms with van der Waals surface area (Å²) in [6.07, 6.45) is 3.73. The number of benzene rings is 1. The number of fused-ring (bicyclic) bond motifs is 1. The molecule has 0 N–H and O–H groups in total. The second kappa shape index (κ2) is 7.86. The number of rotatable bonds is 4. The van der Waals surface area contributed by atoms with E-state index in [1.807, 2.05) is 4.68 Å². The zero-order chi connectivity index (χ0) is 24.3. The molecule has 3 fully saturated rings. The van der Waals surface area contributed by atoms with Gasteiger partial charge in [0, 0.05) is 18.5 Å². The molecule has 3 saturated carbocycles. The summed E-state index contributed by atoms with van der Waals surface area (Å²) in [6.45, 7) is 5.70. The highest BCUT2D eigenvalue weighted by molar-refractivity contribution is 5.74. The second-order valence-electron chi connectivity index (χ2n) is 10.7. The van der Waals surface area contributed by atoms with Gasteiger partial charge in [0.1, 0.15) is 5.60 Å². The van der Waals surface area contributed by atoms with Gasteiger partial charge in [-0.15, -0.1) is 0 Å². The molecule has 0 spiro atoms. The Bertz CT molecular complexity index is 1170. The van der Waals surface area contributed by atoms with Gasteiger partial charge in [0.15, 0.2) is 6.04 Å². The number of nitrogens with zero attached hydrogens (tertiary/aromatic N) is 4. The number of ether oxygens (including phenoxy) is 2. The van der Waals surface area contributed by atoms with Gasteiger partial charge in [-0.3, -0.25) is 9.69 Å². The average molecular weight is 463 g/mol. The minimum absolute atomic E-state index is 0.0746. The van der Waals surface area contributed by atoms with E-state index >= 15 is 0 Å². The van der Waals surface area contributed by atoms with Crippen LogP contribution in [0.1, 0.15) is 68.6 Å². The van der Waals surface area contributed by atoms with Crippen molar-refractivity contribution in [2.24, 2.45) is 5.92 Å². The van der Waals surface area contributed by atoms with Crippen LogP contribution in [-0.4, -0.2) is 46.0 Å². The van der Waals surface area contributed by atoms with Crippen LogP contribution in [0.3, 0.4) is 0 Å². The number of esters is 1. The van der Waals surface area contributed by atoms with Crippen molar-refractivity contribution in [2.75, 3.05) is 13.7 Å². The normalized spacial score (nSPS) is 24.9. The van der Waals surface area contributed by atoms with Crippen LogP contribution >= 0.6 is 0 Å². The van der Waals surface area contributed by atoms with Crippen LogP contribution in [0.5, 0.6) is 0 Å². The van der Waals surface area contributed by atoms with Gasteiger partial charge in [-0.05, 0) is 69.1 Å². The molecule has 34 heavy (non-hydrogen) atoms. The molecule has 8 nitrogen and oxygen atoms in total. The highest BCUT2D eigenvalue weighted by atomic mass is 16.6. The Labute approximate surface area is 199 Å². The molecule has 0 radical (unpaired) electrons. The molecule has 1 amide bonds. The molecule has 8 heteroatoms. The second-order valence-corrected chi connectivity index (χ2v) is 10.7. The average Bonchev–Trinajstić information content (AvgIpc) is 3.08. The fourth-order valence-corrected chi connectivity index (χ4v) is 5.58. The van der Waals surface area contributed by atoms with Crippen LogP contribution in [0, 0.1) is 17.2 Å². The van der Waals surface area contributed by atoms with E-state index in [9.17, 15) is 14.9 Å². The fourth-order valence-electron chi connectivity index (χ4n) is 5.58. The van der Waals surface area contributed by atoms with Gasteiger partial charge in [-0.1, -0.05) is 12.1 Å². The van der Waals surface area contributed by atoms with Gasteiger partial charge in [0.2, 0.25) is 0 Å². The molecule has 178 valence electrons. The number of aromatic nitrogens is 2. The lowest BCUT2D eigenvalue weighted by atomic mass is 9.42. The first-order valence-corrected chi connectivity index (χ1v) is 11.8. The molecule has 1 aliphatic heterocycles. The van der Waals surface area contributed by atoms with Crippen molar-refractivity contribution in [3.05, 3.63) is 46.8 Å². The quantitative estimate of drug-likeness (QED) is 0.637. The van der Waals surface area contributed by atoms with E-state index in [0.29, 0.717) is 29.6 Å². The van der Waals surface area contributed by atoms with E-state index in [4.69, 9.17) is 14.6 Å². The van der Waals surface area contributed by atoms with Crippen molar-refractivity contribution in [1.82, 2.24) is 14.7 Å². The number of hydrogen-bond acceptors (Lipinski definition) is 6. The zero-order valence-electron chi connectivity index (χ0n) is 20.1. The lowest BCUT2D eigenvalue weighted by molar-refractivity contribution is -0.139. The predicted molar refractivity (Wildman–Crippen MR) is 123 cm³/mol. The largest absolute Gasteiger partial charge is 0.469 e. The molecule has 1 atom stereocenters. The summed E-state index contributed by atoms with van der Waals surface area (Å²) < 4.78 is 12.2. The Balaban J connectivity index is 1.52. The third kappa shape index (κ3) is 3.64. The number of hydrogen-bond donors (Lipinski definition) is 0. The number of carbonyl (C=O) groups excluding carboxylic acids is 2. The molecule has 2 aromatic rings. The Morgan fingerprint density at radius 1 is 1.21 bits per heavy atom. The molecule has 2 bridgehead atoms. The van der Waals surface area contributed by atoms with E-state index < -0.39 is 23.7 Å². The van der Waals surface area contributed by atoms with Gasteiger partial charge in [0.05, 0.1) is 36.7 Å². The fraction of sp³-hybridized carbons (Fsp3) is 0.538. The Morgan fingerprint density at radius 3 is 2.41 bits per heavy atom.